The van der Waals surface area contributed by atoms with Gasteiger partial charge in [0.15, 0.2) is 0 Å². The van der Waals surface area contributed by atoms with Crippen LogP contribution in [0.2, 0.25) is 0 Å². The van der Waals surface area contributed by atoms with Gasteiger partial charge in [0.2, 0.25) is 0 Å². The third-order valence-corrected chi connectivity index (χ3v) is 3.16. The lowest BCUT2D eigenvalue weighted by molar-refractivity contribution is 0.493. The summed E-state index contributed by atoms with van der Waals surface area (Å²) in [4.78, 5) is 0. The summed E-state index contributed by atoms with van der Waals surface area (Å²) >= 11 is 0. The van der Waals surface area contributed by atoms with Crippen LogP contribution in [0, 0.1) is 5.82 Å². The molecule has 2 nitrogen and oxygen atoms in total. The quantitative estimate of drug-likeness (QED) is 0.772. The van der Waals surface area contributed by atoms with Crippen molar-refractivity contribution in [1.29, 1.82) is 0 Å². The molecule has 0 radical (unpaired) electrons. The van der Waals surface area contributed by atoms with Gasteiger partial charge in [0.25, 0.3) is 0 Å². The zero-order valence-corrected chi connectivity index (χ0v) is 10.3. The van der Waals surface area contributed by atoms with Gasteiger partial charge < -0.3 is 10.2 Å². The normalized spacial score (nSPS) is 12.7. The van der Waals surface area contributed by atoms with Crippen LogP contribution in [0.5, 0.6) is 0 Å². The van der Waals surface area contributed by atoms with Crippen molar-refractivity contribution in [3.05, 3.63) is 71.7 Å². The van der Waals surface area contributed by atoms with Gasteiger partial charge in [-0.05, 0) is 36.2 Å². The van der Waals surface area contributed by atoms with Crippen molar-refractivity contribution in [3.63, 3.8) is 0 Å². The summed E-state index contributed by atoms with van der Waals surface area (Å²) in [5, 5.41) is 0.749. The molecule has 2 aromatic carbocycles. The molecule has 0 bridgehead atoms. The van der Waals surface area contributed by atoms with Gasteiger partial charge in [-0.2, -0.15) is 0 Å². The maximum Gasteiger partial charge on any atom is 0.134 e. The van der Waals surface area contributed by atoms with E-state index < -0.39 is 0 Å². The first-order valence-electron chi connectivity index (χ1n) is 6.21. The third-order valence-electron chi connectivity index (χ3n) is 3.16. The smallest absolute Gasteiger partial charge is 0.134 e. The van der Waals surface area contributed by atoms with Crippen LogP contribution in [0.3, 0.4) is 0 Å². The largest absolute Gasteiger partial charge is 0.459 e. The fourth-order valence-corrected chi connectivity index (χ4v) is 2.19. The number of rotatable bonds is 3. The van der Waals surface area contributed by atoms with Gasteiger partial charge in [-0.25, -0.2) is 4.39 Å². The fourth-order valence-electron chi connectivity index (χ4n) is 2.19. The molecule has 96 valence electrons. The predicted molar refractivity (Wildman–Crippen MR) is 73.2 cm³/mol. The van der Waals surface area contributed by atoms with Crippen molar-refractivity contribution in [2.45, 2.75) is 12.5 Å². The Balaban J connectivity index is 1.87. The minimum Gasteiger partial charge on any atom is -0.459 e. The van der Waals surface area contributed by atoms with Gasteiger partial charge in [0, 0.05) is 5.39 Å². The zero-order valence-electron chi connectivity index (χ0n) is 10.3. The number of hydrogen-bond donors (Lipinski definition) is 1. The van der Waals surface area contributed by atoms with E-state index in [1.165, 1.54) is 12.1 Å². The average molecular weight is 255 g/mol. The van der Waals surface area contributed by atoms with Crippen LogP contribution in [0.25, 0.3) is 11.0 Å². The molecule has 3 heteroatoms. The summed E-state index contributed by atoms with van der Waals surface area (Å²) in [6.07, 6.45) is 0.698. The molecular weight excluding hydrogens is 241 g/mol. The fraction of sp³-hybridized carbons (Fsp3) is 0.125. The molecule has 0 aliphatic rings. The molecule has 0 saturated carbocycles. The van der Waals surface area contributed by atoms with E-state index >= 15 is 0 Å². The van der Waals surface area contributed by atoms with Crippen molar-refractivity contribution >= 4 is 11.0 Å². The molecule has 1 atom stereocenters. The minimum atomic E-state index is -0.267. The van der Waals surface area contributed by atoms with Crippen LogP contribution in [0.1, 0.15) is 17.4 Å². The highest BCUT2D eigenvalue weighted by Crippen LogP contribution is 2.25. The summed E-state index contributed by atoms with van der Waals surface area (Å²) in [5.41, 5.74) is 7.96. The van der Waals surface area contributed by atoms with Crippen LogP contribution in [0.4, 0.5) is 4.39 Å². The van der Waals surface area contributed by atoms with Crippen LogP contribution < -0.4 is 5.73 Å². The van der Waals surface area contributed by atoms with E-state index in [-0.39, 0.29) is 11.9 Å². The standard InChI is InChI=1S/C16H14FNO/c17-13-6-7-15-12(9-13)10-16(19-15)14(18)8-11-4-2-1-3-5-11/h1-7,9-10,14H,8,18H2. The number of fused-ring (bicyclic) bond motifs is 1. The Morgan fingerprint density at radius 3 is 2.63 bits per heavy atom. The van der Waals surface area contributed by atoms with Gasteiger partial charge in [0.05, 0.1) is 6.04 Å². The van der Waals surface area contributed by atoms with Gasteiger partial charge in [-0.1, -0.05) is 30.3 Å². The van der Waals surface area contributed by atoms with Crippen LogP contribution in [-0.4, -0.2) is 0 Å². The minimum absolute atomic E-state index is 0.224. The summed E-state index contributed by atoms with van der Waals surface area (Å²) in [6, 6.07) is 16.1. The summed E-state index contributed by atoms with van der Waals surface area (Å²) < 4.78 is 18.8. The summed E-state index contributed by atoms with van der Waals surface area (Å²) in [5.74, 6) is 0.418. The Morgan fingerprint density at radius 2 is 1.84 bits per heavy atom. The van der Waals surface area contributed by atoms with Crippen LogP contribution >= 0.6 is 0 Å². The zero-order chi connectivity index (χ0) is 13.2. The number of nitrogens with two attached hydrogens (primary N) is 1. The van der Waals surface area contributed by atoms with Crippen molar-refractivity contribution in [1.82, 2.24) is 0 Å². The molecule has 1 aromatic heterocycles. The Hall–Kier alpha value is -2.13. The number of furan rings is 1. The van der Waals surface area contributed by atoms with E-state index in [9.17, 15) is 4.39 Å². The second-order valence-corrected chi connectivity index (χ2v) is 4.63. The van der Waals surface area contributed by atoms with Gasteiger partial charge in [-0.15, -0.1) is 0 Å². The van der Waals surface area contributed by atoms with Gasteiger partial charge in [-0.3, -0.25) is 0 Å². The van der Waals surface area contributed by atoms with Crippen molar-refractivity contribution in [3.8, 4) is 0 Å². The van der Waals surface area contributed by atoms with Crippen LogP contribution in [-0.2, 0) is 6.42 Å². The second kappa shape index (κ2) is 4.86. The summed E-state index contributed by atoms with van der Waals surface area (Å²) in [6.45, 7) is 0. The molecule has 0 spiro atoms. The molecule has 3 aromatic rings. The SMILES string of the molecule is NC(Cc1ccccc1)c1cc2cc(F)ccc2o1. The van der Waals surface area contributed by atoms with E-state index in [1.807, 2.05) is 36.4 Å². The molecule has 1 heterocycles. The Kier molecular flexibility index (Phi) is 3.05. The van der Waals surface area contributed by atoms with E-state index in [0.29, 0.717) is 17.8 Å². The number of hydrogen-bond acceptors (Lipinski definition) is 2. The molecule has 3 rings (SSSR count). The van der Waals surface area contributed by atoms with E-state index in [4.69, 9.17) is 10.2 Å². The maximum absolute atomic E-state index is 13.1. The van der Waals surface area contributed by atoms with Crippen molar-refractivity contribution in [2.75, 3.05) is 0 Å². The molecule has 0 aliphatic carbocycles. The van der Waals surface area contributed by atoms with E-state index in [1.54, 1.807) is 6.07 Å². The monoisotopic (exact) mass is 255 g/mol. The van der Waals surface area contributed by atoms with Crippen molar-refractivity contribution in [2.24, 2.45) is 5.73 Å². The van der Waals surface area contributed by atoms with Gasteiger partial charge in [0.1, 0.15) is 17.2 Å². The molecular formula is C16H14FNO. The predicted octanol–water partition coefficient (Wildman–Crippen LogP) is 3.81. The first kappa shape index (κ1) is 11.9. The van der Waals surface area contributed by atoms with Crippen molar-refractivity contribution < 1.29 is 8.81 Å². The lowest BCUT2D eigenvalue weighted by Gasteiger charge is -2.08. The molecule has 0 amide bonds. The Morgan fingerprint density at radius 1 is 1.05 bits per heavy atom. The van der Waals surface area contributed by atoms with E-state index in [2.05, 4.69) is 0 Å². The number of halogens is 1. The maximum atomic E-state index is 13.1. The first-order valence-corrected chi connectivity index (χ1v) is 6.21. The third kappa shape index (κ3) is 2.51. The molecule has 19 heavy (non-hydrogen) atoms. The Labute approximate surface area is 110 Å². The number of benzene rings is 2. The molecule has 0 saturated heterocycles. The molecule has 0 aliphatic heterocycles. The summed E-state index contributed by atoms with van der Waals surface area (Å²) in [7, 11) is 0. The molecule has 0 fully saturated rings. The first-order chi connectivity index (χ1) is 9.22. The topological polar surface area (TPSA) is 39.2 Å². The highest BCUT2D eigenvalue weighted by Gasteiger charge is 2.13. The lowest BCUT2D eigenvalue weighted by atomic mass is 10.0. The van der Waals surface area contributed by atoms with E-state index in [0.717, 1.165) is 10.9 Å². The second-order valence-electron chi connectivity index (χ2n) is 4.63. The average Bonchev–Trinajstić information content (AvgIpc) is 2.83. The lowest BCUT2D eigenvalue weighted by Crippen LogP contribution is -2.12. The van der Waals surface area contributed by atoms with Crippen LogP contribution in [0.15, 0.2) is 59.0 Å². The van der Waals surface area contributed by atoms with Gasteiger partial charge >= 0.3 is 0 Å². The molecule has 2 N–H and O–H groups in total. The Bertz CT molecular complexity index is 690. The highest BCUT2D eigenvalue weighted by molar-refractivity contribution is 5.78. The highest BCUT2D eigenvalue weighted by atomic mass is 19.1. The molecule has 1 unspecified atom stereocenters.